The number of hydrogen-bond acceptors (Lipinski definition) is 10. The summed E-state index contributed by atoms with van der Waals surface area (Å²) in [6.07, 6.45) is 7.12. The number of aromatic nitrogens is 3. The monoisotopic (exact) mass is 521 g/mol. The average Bonchev–Trinajstić information content (AvgIpc) is 3.64. The van der Waals surface area contributed by atoms with Gasteiger partial charge in [-0.2, -0.15) is 9.97 Å². The third kappa shape index (κ3) is 5.11. The van der Waals surface area contributed by atoms with Crippen molar-refractivity contribution in [3.8, 4) is 11.8 Å². The van der Waals surface area contributed by atoms with Gasteiger partial charge >= 0.3 is 6.01 Å². The first-order chi connectivity index (χ1) is 18.6. The highest BCUT2D eigenvalue weighted by Crippen LogP contribution is 2.35. The lowest BCUT2D eigenvalue weighted by atomic mass is 9.78. The van der Waals surface area contributed by atoms with Crippen molar-refractivity contribution in [1.29, 1.82) is 0 Å². The zero-order valence-corrected chi connectivity index (χ0v) is 21.8. The number of fused-ring (bicyclic) bond motifs is 1. The number of rotatable bonds is 9. The number of carbonyl (C=O) groups is 1. The number of methoxy groups -OCH3 is 1. The van der Waals surface area contributed by atoms with Crippen LogP contribution in [0, 0.1) is 11.8 Å². The predicted octanol–water partition coefficient (Wildman–Crippen LogP) is 3.00. The topological polar surface area (TPSA) is 119 Å². The Morgan fingerprint density at radius 2 is 2.05 bits per heavy atom. The summed E-state index contributed by atoms with van der Waals surface area (Å²) in [6.45, 7) is 3.27. The molecule has 1 unspecified atom stereocenters. The van der Waals surface area contributed by atoms with Crippen LogP contribution in [0.2, 0.25) is 0 Å². The number of anilines is 1. The van der Waals surface area contributed by atoms with Crippen molar-refractivity contribution in [1.82, 2.24) is 15.0 Å². The van der Waals surface area contributed by atoms with Crippen LogP contribution in [-0.2, 0) is 11.3 Å². The number of ketones is 1. The summed E-state index contributed by atoms with van der Waals surface area (Å²) in [6, 6.07) is 3.89. The van der Waals surface area contributed by atoms with Crippen LogP contribution in [0.4, 0.5) is 5.82 Å². The highest BCUT2D eigenvalue weighted by molar-refractivity contribution is 6.07. The van der Waals surface area contributed by atoms with Crippen molar-refractivity contribution in [2.45, 2.75) is 63.7 Å². The van der Waals surface area contributed by atoms with Crippen molar-refractivity contribution in [2.24, 2.45) is 16.8 Å². The second-order valence-corrected chi connectivity index (χ2v) is 10.7. The third-order valence-corrected chi connectivity index (χ3v) is 8.30. The minimum Gasteiger partial charge on any atom is -0.496 e. The maximum atomic E-state index is 13.1. The SMILES string of the molecule is COc1ccnc2c1C(C1CCN(c3cc(C(=O)C[C@@H]4CC[C@@H]4O)nc(OCC4CCCO4)n3)CC1)=NC2. The predicted molar refractivity (Wildman–Crippen MR) is 140 cm³/mol. The van der Waals surface area contributed by atoms with Gasteiger partial charge < -0.3 is 24.2 Å². The molecule has 0 amide bonds. The summed E-state index contributed by atoms with van der Waals surface area (Å²) in [5.74, 6) is 1.77. The quantitative estimate of drug-likeness (QED) is 0.497. The van der Waals surface area contributed by atoms with E-state index in [2.05, 4.69) is 19.9 Å². The van der Waals surface area contributed by atoms with Gasteiger partial charge in [-0.25, -0.2) is 0 Å². The lowest BCUT2D eigenvalue weighted by molar-refractivity contribution is 0.0197. The second-order valence-electron chi connectivity index (χ2n) is 10.7. The maximum Gasteiger partial charge on any atom is 0.319 e. The summed E-state index contributed by atoms with van der Waals surface area (Å²) < 4.78 is 17.2. The van der Waals surface area contributed by atoms with Crippen LogP contribution in [0.25, 0.3) is 0 Å². The molecule has 0 spiro atoms. The molecule has 5 heterocycles. The highest BCUT2D eigenvalue weighted by Gasteiger charge is 2.33. The molecule has 2 aromatic heterocycles. The number of nitrogens with zero attached hydrogens (tertiary/aromatic N) is 5. The lowest BCUT2D eigenvalue weighted by Crippen LogP contribution is -2.37. The molecular weight excluding hydrogens is 486 g/mol. The van der Waals surface area contributed by atoms with Gasteiger partial charge in [-0.05, 0) is 50.5 Å². The summed E-state index contributed by atoms with van der Waals surface area (Å²) in [4.78, 5) is 33.8. The van der Waals surface area contributed by atoms with Crippen LogP contribution in [0.1, 0.15) is 66.7 Å². The number of hydrogen-bond donors (Lipinski definition) is 1. The zero-order valence-electron chi connectivity index (χ0n) is 21.8. The Balaban J connectivity index is 1.17. The van der Waals surface area contributed by atoms with Gasteiger partial charge in [0.1, 0.15) is 23.9 Å². The molecule has 6 rings (SSSR count). The lowest BCUT2D eigenvalue weighted by Gasteiger charge is -2.33. The van der Waals surface area contributed by atoms with Crippen molar-refractivity contribution in [2.75, 3.05) is 38.3 Å². The summed E-state index contributed by atoms with van der Waals surface area (Å²) in [5.41, 5.74) is 3.46. The van der Waals surface area contributed by atoms with E-state index < -0.39 is 6.10 Å². The van der Waals surface area contributed by atoms with Gasteiger partial charge in [-0.15, -0.1) is 0 Å². The van der Waals surface area contributed by atoms with Crippen LogP contribution < -0.4 is 14.4 Å². The van der Waals surface area contributed by atoms with Crippen molar-refractivity contribution in [3.63, 3.8) is 0 Å². The van der Waals surface area contributed by atoms with Crippen LogP contribution >= 0.6 is 0 Å². The normalized spacial score (nSPS) is 25.1. The van der Waals surface area contributed by atoms with E-state index in [0.29, 0.717) is 37.0 Å². The van der Waals surface area contributed by atoms with E-state index in [0.717, 1.165) is 80.9 Å². The molecule has 3 fully saturated rings. The Kier molecular flexibility index (Phi) is 7.25. The number of aliphatic imine (C=N–C) groups is 1. The number of Topliss-reactive ketones (excluding diaryl/α,β-unsaturated/α-hetero) is 1. The summed E-state index contributed by atoms with van der Waals surface area (Å²) in [5, 5.41) is 9.98. The largest absolute Gasteiger partial charge is 0.496 e. The molecule has 0 bridgehead atoms. The fourth-order valence-corrected chi connectivity index (χ4v) is 5.86. The molecule has 0 radical (unpaired) electrons. The van der Waals surface area contributed by atoms with E-state index in [4.69, 9.17) is 19.2 Å². The molecule has 10 nitrogen and oxygen atoms in total. The molecule has 2 aromatic rings. The Hall–Kier alpha value is -3.11. The van der Waals surface area contributed by atoms with Gasteiger partial charge in [0.15, 0.2) is 5.78 Å². The zero-order chi connectivity index (χ0) is 26.1. The van der Waals surface area contributed by atoms with E-state index in [1.807, 2.05) is 6.07 Å². The molecule has 1 saturated carbocycles. The van der Waals surface area contributed by atoms with Crippen molar-refractivity contribution < 1.29 is 24.1 Å². The number of piperidine rings is 1. The first kappa shape index (κ1) is 25.2. The minimum absolute atomic E-state index is 0.00876. The fourth-order valence-electron chi connectivity index (χ4n) is 5.86. The van der Waals surface area contributed by atoms with E-state index in [-0.39, 0.29) is 23.8 Å². The van der Waals surface area contributed by atoms with Crippen LogP contribution in [0.15, 0.2) is 23.3 Å². The minimum atomic E-state index is -0.396. The molecule has 4 aliphatic rings. The molecule has 3 aliphatic heterocycles. The first-order valence-corrected chi connectivity index (χ1v) is 13.8. The number of pyridine rings is 1. The van der Waals surface area contributed by atoms with E-state index in [1.165, 1.54) is 0 Å². The van der Waals surface area contributed by atoms with Crippen LogP contribution in [0.5, 0.6) is 11.8 Å². The first-order valence-electron chi connectivity index (χ1n) is 13.8. The Morgan fingerprint density at radius 1 is 1.18 bits per heavy atom. The van der Waals surface area contributed by atoms with Crippen molar-refractivity contribution in [3.05, 3.63) is 35.3 Å². The molecule has 202 valence electrons. The van der Waals surface area contributed by atoms with Gasteiger partial charge in [-0.1, -0.05) is 0 Å². The van der Waals surface area contributed by atoms with Gasteiger partial charge in [0.25, 0.3) is 0 Å². The molecule has 3 atom stereocenters. The Bertz CT molecular complexity index is 1210. The molecule has 1 N–H and O–H groups in total. The molecule has 1 aliphatic carbocycles. The molecule has 2 saturated heterocycles. The standard InChI is InChI=1S/C28H35N5O5/c1-36-24-6-9-29-21-15-30-27(26(21)24)17-7-10-33(11-8-17)25-14-20(23(35)13-18-4-5-22(18)34)31-28(32-25)38-16-19-3-2-12-37-19/h6,9,14,17-19,22,34H,2-5,7-8,10-13,15-16H2,1H3/t18-,19?,22-/m0/s1. The number of aliphatic hydroxyl groups is 1. The third-order valence-electron chi connectivity index (χ3n) is 8.30. The summed E-state index contributed by atoms with van der Waals surface area (Å²) in [7, 11) is 1.69. The summed E-state index contributed by atoms with van der Waals surface area (Å²) >= 11 is 0. The molecular formula is C28H35N5O5. The Labute approximate surface area is 222 Å². The van der Waals surface area contributed by atoms with Gasteiger partial charge in [0, 0.05) is 44.3 Å². The molecule has 38 heavy (non-hydrogen) atoms. The molecule has 0 aromatic carbocycles. The average molecular weight is 522 g/mol. The van der Waals surface area contributed by atoms with Crippen LogP contribution in [0.3, 0.4) is 0 Å². The van der Waals surface area contributed by atoms with E-state index >= 15 is 0 Å². The number of carbonyl (C=O) groups excluding carboxylic acids is 1. The van der Waals surface area contributed by atoms with Gasteiger partial charge in [-0.3, -0.25) is 14.8 Å². The number of ether oxygens (including phenoxy) is 3. The maximum absolute atomic E-state index is 13.1. The van der Waals surface area contributed by atoms with Gasteiger partial charge in [0.05, 0.1) is 42.8 Å². The second kappa shape index (κ2) is 10.9. The smallest absolute Gasteiger partial charge is 0.319 e. The highest BCUT2D eigenvalue weighted by atomic mass is 16.5. The van der Waals surface area contributed by atoms with Gasteiger partial charge in [0.2, 0.25) is 0 Å². The van der Waals surface area contributed by atoms with Crippen molar-refractivity contribution >= 4 is 17.3 Å². The van der Waals surface area contributed by atoms with E-state index in [9.17, 15) is 9.90 Å². The Morgan fingerprint density at radius 3 is 2.76 bits per heavy atom. The van der Waals surface area contributed by atoms with E-state index in [1.54, 1.807) is 19.4 Å². The molecule has 10 heteroatoms. The number of aliphatic hydroxyl groups excluding tert-OH is 1. The fraction of sp³-hybridized carbons (Fsp3) is 0.607. The van der Waals surface area contributed by atoms with Crippen LogP contribution in [-0.4, -0.2) is 77.2 Å².